The van der Waals surface area contributed by atoms with Crippen molar-refractivity contribution in [1.29, 1.82) is 5.26 Å². The highest BCUT2D eigenvalue weighted by Crippen LogP contribution is 2.13. The van der Waals surface area contributed by atoms with Crippen molar-refractivity contribution < 1.29 is 5.11 Å². The van der Waals surface area contributed by atoms with Crippen molar-refractivity contribution in [1.82, 2.24) is 5.32 Å². The molecular formula is C12H16N2O. The van der Waals surface area contributed by atoms with Gasteiger partial charge in [0.2, 0.25) is 0 Å². The molecule has 3 heteroatoms. The molecule has 0 aliphatic rings. The highest BCUT2D eigenvalue weighted by Gasteiger charge is 2.08. The van der Waals surface area contributed by atoms with Crippen LogP contribution in [0.1, 0.15) is 31.0 Å². The Hall–Kier alpha value is -1.37. The molecule has 15 heavy (non-hydrogen) atoms. The van der Waals surface area contributed by atoms with E-state index < -0.39 is 0 Å². The molecule has 2 atom stereocenters. The van der Waals surface area contributed by atoms with Crippen molar-refractivity contribution in [2.45, 2.75) is 25.9 Å². The Morgan fingerprint density at radius 2 is 1.93 bits per heavy atom. The van der Waals surface area contributed by atoms with Crippen LogP contribution in [0.4, 0.5) is 0 Å². The molecule has 0 fully saturated rings. The first kappa shape index (κ1) is 11.7. The number of aliphatic hydroxyl groups excluding tert-OH is 1. The van der Waals surface area contributed by atoms with Gasteiger partial charge in [0.15, 0.2) is 0 Å². The van der Waals surface area contributed by atoms with Crippen molar-refractivity contribution in [3.8, 4) is 6.07 Å². The Morgan fingerprint density at radius 3 is 2.40 bits per heavy atom. The zero-order valence-corrected chi connectivity index (χ0v) is 9.07. The number of hydrogen-bond donors (Lipinski definition) is 2. The summed E-state index contributed by atoms with van der Waals surface area (Å²) in [7, 11) is 0. The van der Waals surface area contributed by atoms with Gasteiger partial charge in [-0.15, -0.1) is 0 Å². The summed E-state index contributed by atoms with van der Waals surface area (Å²) in [5, 5.41) is 20.8. The van der Waals surface area contributed by atoms with E-state index in [4.69, 9.17) is 10.4 Å². The summed E-state index contributed by atoms with van der Waals surface area (Å²) in [4.78, 5) is 0. The Kier molecular flexibility index (Phi) is 4.29. The van der Waals surface area contributed by atoms with Crippen LogP contribution in [0.3, 0.4) is 0 Å². The molecular weight excluding hydrogens is 188 g/mol. The fraction of sp³-hybridized carbons (Fsp3) is 0.417. The monoisotopic (exact) mass is 204 g/mol. The maximum absolute atomic E-state index is 8.91. The molecule has 0 radical (unpaired) electrons. The molecule has 0 bridgehead atoms. The van der Waals surface area contributed by atoms with Crippen molar-refractivity contribution in [3.05, 3.63) is 35.4 Å². The number of hydrogen-bond acceptors (Lipinski definition) is 3. The lowest BCUT2D eigenvalue weighted by Gasteiger charge is -2.18. The summed E-state index contributed by atoms with van der Waals surface area (Å²) in [5.41, 5.74) is 1.79. The average Bonchev–Trinajstić information content (AvgIpc) is 2.29. The SMILES string of the molecule is C[C@H](CO)N[C@H](C)c1ccc(C#N)cc1. The van der Waals surface area contributed by atoms with Crippen LogP contribution in [0.15, 0.2) is 24.3 Å². The van der Waals surface area contributed by atoms with Gasteiger partial charge < -0.3 is 10.4 Å². The second-order valence-electron chi connectivity index (χ2n) is 3.71. The van der Waals surface area contributed by atoms with E-state index in [0.29, 0.717) is 5.56 Å². The summed E-state index contributed by atoms with van der Waals surface area (Å²) in [6.07, 6.45) is 0. The van der Waals surface area contributed by atoms with E-state index >= 15 is 0 Å². The molecule has 0 spiro atoms. The minimum atomic E-state index is 0.0793. The van der Waals surface area contributed by atoms with Crippen LogP contribution < -0.4 is 5.32 Å². The predicted octanol–water partition coefficient (Wildman–Crippen LogP) is 1.59. The Balaban J connectivity index is 2.66. The normalized spacial score (nSPS) is 14.3. The summed E-state index contributed by atoms with van der Waals surface area (Å²) >= 11 is 0. The molecule has 0 aliphatic heterocycles. The highest BCUT2D eigenvalue weighted by molar-refractivity contribution is 5.32. The molecule has 2 N–H and O–H groups in total. The molecule has 0 aliphatic carbocycles. The summed E-state index contributed by atoms with van der Waals surface area (Å²) in [5.74, 6) is 0. The van der Waals surface area contributed by atoms with E-state index in [1.54, 1.807) is 12.1 Å². The lowest BCUT2D eigenvalue weighted by molar-refractivity contribution is 0.243. The maximum atomic E-state index is 8.91. The third kappa shape index (κ3) is 3.35. The minimum Gasteiger partial charge on any atom is -0.395 e. The smallest absolute Gasteiger partial charge is 0.0991 e. The van der Waals surface area contributed by atoms with E-state index in [-0.39, 0.29) is 18.7 Å². The summed E-state index contributed by atoms with van der Waals surface area (Å²) in [6, 6.07) is 9.81. The summed E-state index contributed by atoms with van der Waals surface area (Å²) < 4.78 is 0. The van der Waals surface area contributed by atoms with Gasteiger partial charge in [-0.2, -0.15) is 5.26 Å². The number of aliphatic hydroxyl groups is 1. The van der Waals surface area contributed by atoms with Gasteiger partial charge >= 0.3 is 0 Å². The van der Waals surface area contributed by atoms with Gasteiger partial charge in [-0.1, -0.05) is 12.1 Å². The minimum absolute atomic E-state index is 0.0793. The van der Waals surface area contributed by atoms with Gasteiger partial charge in [-0.3, -0.25) is 0 Å². The molecule has 1 aromatic carbocycles. The van der Waals surface area contributed by atoms with Crippen molar-refractivity contribution in [2.75, 3.05) is 6.61 Å². The quantitative estimate of drug-likeness (QED) is 0.783. The lowest BCUT2D eigenvalue weighted by Crippen LogP contribution is -2.31. The van der Waals surface area contributed by atoms with E-state index in [2.05, 4.69) is 11.4 Å². The molecule has 0 aromatic heterocycles. The Morgan fingerprint density at radius 1 is 1.33 bits per heavy atom. The van der Waals surface area contributed by atoms with Gasteiger partial charge in [0, 0.05) is 12.1 Å². The second-order valence-corrected chi connectivity index (χ2v) is 3.71. The molecule has 0 saturated carbocycles. The van der Waals surface area contributed by atoms with Crippen LogP contribution in [0, 0.1) is 11.3 Å². The number of nitriles is 1. The van der Waals surface area contributed by atoms with Gasteiger partial charge in [0.1, 0.15) is 0 Å². The van der Waals surface area contributed by atoms with Crippen LogP contribution >= 0.6 is 0 Å². The molecule has 1 rings (SSSR count). The Labute approximate surface area is 90.4 Å². The first-order chi connectivity index (χ1) is 7.17. The second kappa shape index (κ2) is 5.50. The molecule has 0 unspecified atom stereocenters. The van der Waals surface area contributed by atoms with Crippen molar-refractivity contribution in [3.63, 3.8) is 0 Å². The van der Waals surface area contributed by atoms with Crippen molar-refractivity contribution in [2.24, 2.45) is 0 Å². The summed E-state index contributed by atoms with van der Waals surface area (Å²) in [6.45, 7) is 4.09. The molecule has 3 nitrogen and oxygen atoms in total. The topological polar surface area (TPSA) is 56.0 Å². The molecule has 0 heterocycles. The first-order valence-electron chi connectivity index (χ1n) is 5.04. The van der Waals surface area contributed by atoms with Crippen molar-refractivity contribution >= 4 is 0 Å². The molecule has 1 aromatic rings. The third-order valence-corrected chi connectivity index (χ3v) is 2.35. The average molecular weight is 204 g/mol. The van der Waals surface area contributed by atoms with Gasteiger partial charge in [0.25, 0.3) is 0 Å². The first-order valence-corrected chi connectivity index (χ1v) is 5.04. The fourth-order valence-corrected chi connectivity index (χ4v) is 1.42. The van der Waals surface area contributed by atoms with Crippen LogP contribution in [0.5, 0.6) is 0 Å². The highest BCUT2D eigenvalue weighted by atomic mass is 16.3. The Bertz CT molecular complexity index is 340. The van der Waals surface area contributed by atoms with E-state index in [1.165, 1.54) is 0 Å². The number of rotatable bonds is 4. The number of benzene rings is 1. The standard InChI is InChI=1S/C12H16N2O/c1-9(8-15)14-10(2)12-5-3-11(7-13)4-6-12/h3-6,9-10,14-15H,8H2,1-2H3/t9-,10-/m1/s1. The van der Waals surface area contributed by atoms with Crippen LogP contribution in [-0.4, -0.2) is 17.8 Å². The lowest BCUT2D eigenvalue weighted by atomic mass is 10.1. The van der Waals surface area contributed by atoms with E-state index in [1.807, 2.05) is 26.0 Å². The largest absolute Gasteiger partial charge is 0.395 e. The third-order valence-electron chi connectivity index (χ3n) is 2.35. The number of nitrogens with one attached hydrogen (secondary N) is 1. The molecule has 80 valence electrons. The van der Waals surface area contributed by atoms with Gasteiger partial charge in [0.05, 0.1) is 18.2 Å². The fourth-order valence-electron chi connectivity index (χ4n) is 1.42. The van der Waals surface area contributed by atoms with Crippen LogP contribution in [0.2, 0.25) is 0 Å². The molecule has 0 amide bonds. The van der Waals surface area contributed by atoms with Gasteiger partial charge in [-0.25, -0.2) is 0 Å². The van der Waals surface area contributed by atoms with E-state index in [0.717, 1.165) is 5.56 Å². The van der Waals surface area contributed by atoms with Gasteiger partial charge in [-0.05, 0) is 31.5 Å². The van der Waals surface area contributed by atoms with E-state index in [9.17, 15) is 0 Å². The molecule has 0 saturated heterocycles. The van der Waals surface area contributed by atoms with Crippen LogP contribution in [-0.2, 0) is 0 Å². The predicted molar refractivity (Wildman–Crippen MR) is 59.3 cm³/mol. The van der Waals surface area contributed by atoms with Crippen LogP contribution in [0.25, 0.3) is 0 Å². The maximum Gasteiger partial charge on any atom is 0.0991 e. The zero-order valence-electron chi connectivity index (χ0n) is 9.07. The number of nitrogens with zero attached hydrogens (tertiary/aromatic N) is 1. The zero-order chi connectivity index (χ0) is 11.3.